The zero-order valence-corrected chi connectivity index (χ0v) is 13.5. The largest absolute Gasteiger partial charge is 0.502 e. The summed E-state index contributed by atoms with van der Waals surface area (Å²) >= 11 is 0. The highest BCUT2D eigenvalue weighted by Crippen LogP contribution is 1.99. The minimum Gasteiger partial charge on any atom is -0.502 e. The Morgan fingerprint density at radius 3 is 2.29 bits per heavy atom. The molecule has 0 unspecified atom stereocenters. The summed E-state index contributed by atoms with van der Waals surface area (Å²) in [7, 11) is 0. The molecule has 0 aliphatic heterocycles. The van der Waals surface area contributed by atoms with Gasteiger partial charge < -0.3 is 9.47 Å². The van der Waals surface area contributed by atoms with E-state index in [1.165, 1.54) is 6.42 Å². The van der Waals surface area contributed by atoms with Crippen molar-refractivity contribution >= 4 is 0 Å². The van der Waals surface area contributed by atoms with Crippen LogP contribution in [0, 0.1) is 0 Å². The van der Waals surface area contributed by atoms with Gasteiger partial charge in [-0.3, -0.25) is 0 Å². The molecule has 0 rings (SSSR count). The number of unbranched alkanes of at least 4 members (excludes halogenated alkanes) is 5. The summed E-state index contributed by atoms with van der Waals surface area (Å²) in [5, 5.41) is 0. The van der Waals surface area contributed by atoms with Crippen molar-refractivity contribution in [3.05, 3.63) is 49.8 Å². The lowest BCUT2D eigenvalue weighted by atomic mass is 10.2. The molecule has 0 aromatic rings. The zero-order chi connectivity index (χ0) is 15.4. The maximum Gasteiger partial charge on any atom is 0.0873 e. The molecule has 21 heavy (non-hydrogen) atoms. The van der Waals surface area contributed by atoms with Crippen LogP contribution in [0.5, 0.6) is 0 Å². The first-order chi connectivity index (χ1) is 10.4. The van der Waals surface area contributed by atoms with Crippen molar-refractivity contribution in [1.82, 2.24) is 0 Å². The van der Waals surface area contributed by atoms with Gasteiger partial charge in [-0.05, 0) is 57.4 Å². The smallest absolute Gasteiger partial charge is 0.0873 e. The summed E-state index contributed by atoms with van der Waals surface area (Å²) in [6.07, 6.45) is 20.8. The van der Waals surface area contributed by atoms with Crippen molar-refractivity contribution in [2.24, 2.45) is 0 Å². The number of ether oxygens (including phenoxy) is 2. The first-order valence-electron chi connectivity index (χ1n) is 8.13. The van der Waals surface area contributed by atoms with Crippen LogP contribution in [-0.4, -0.2) is 19.8 Å². The van der Waals surface area contributed by atoms with E-state index in [9.17, 15) is 0 Å². The van der Waals surface area contributed by atoms with E-state index in [2.05, 4.69) is 25.3 Å². The minimum atomic E-state index is 0.733. The molecule has 0 fully saturated rings. The average molecular weight is 292 g/mol. The van der Waals surface area contributed by atoms with Crippen molar-refractivity contribution in [3.8, 4) is 0 Å². The molecule has 2 heteroatoms. The van der Waals surface area contributed by atoms with Crippen LogP contribution in [-0.2, 0) is 9.47 Å². The maximum atomic E-state index is 5.54. The fourth-order valence-corrected chi connectivity index (χ4v) is 1.70. The molecule has 0 aliphatic rings. The molecule has 0 bridgehead atoms. The van der Waals surface area contributed by atoms with E-state index in [1.807, 2.05) is 18.2 Å². The zero-order valence-electron chi connectivity index (χ0n) is 13.5. The molecular weight excluding hydrogens is 260 g/mol. The van der Waals surface area contributed by atoms with Crippen molar-refractivity contribution in [3.63, 3.8) is 0 Å². The second-order valence-electron chi connectivity index (χ2n) is 4.94. The Labute approximate surface area is 131 Å². The SMILES string of the molecule is C=CCC/C=C/OCCCCCOC/C=C/CCCC=C. The van der Waals surface area contributed by atoms with Gasteiger partial charge in [0, 0.05) is 6.61 Å². The quantitative estimate of drug-likeness (QED) is 0.210. The Morgan fingerprint density at radius 1 is 0.667 bits per heavy atom. The van der Waals surface area contributed by atoms with Crippen LogP contribution < -0.4 is 0 Å². The lowest BCUT2D eigenvalue weighted by Gasteiger charge is -2.02. The lowest BCUT2D eigenvalue weighted by molar-refractivity contribution is 0.153. The molecule has 0 heterocycles. The molecule has 120 valence electrons. The summed E-state index contributed by atoms with van der Waals surface area (Å²) < 4.78 is 10.9. The van der Waals surface area contributed by atoms with Gasteiger partial charge in [-0.2, -0.15) is 0 Å². The Hall–Kier alpha value is -1.28. The topological polar surface area (TPSA) is 18.5 Å². The van der Waals surface area contributed by atoms with Crippen molar-refractivity contribution in [1.29, 1.82) is 0 Å². The Balaban J connectivity index is 3.10. The van der Waals surface area contributed by atoms with Crippen molar-refractivity contribution in [2.75, 3.05) is 19.8 Å². The Bertz CT molecular complexity index is 279. The van der Waals surface area contributed by atoms with Crippen molar-refractivity contribution < 1.29 is 9.47 Å². The van der Waals surface area contributed by atoms with Gasteiger partial charge in [-0.15, -0.1) is 13.2 Å². The van der Waals surface area contributed by atoms with E-state index in [0.29, 0.717) is 0 Å². The molecule has 0 atom stereocenters. The van der Waals surface area contributed by atoms with E-state index in [0.717, 1.165) is 64.8 Å². The minimum absolute atomic E-state index is 0.733. The van der Waals surface area contributed by atoms with Gasteiger partial charge in [-0.1, -0.05) is 24.3 Å². The lowest BCUT2D eigenvalue weighted by Crippen LogP contribution is -1.96. The standard InChI is InChI=1S/C19H32O2/c1-3-5-7-9-10-13-17-21-19-15-11-14-18-20-16-12-8-6-4-2/h3-4,10,12-13,16H,1-2,5-9,11,14-15,17-19H2/b13-10+,16-12+. The van der Waals surface area contributed by atoms with E-state index >= 15 is 0 Å². The van der Waals surface area contributed by atoms with Crippen LogP contribution in [0.4, 0.5) is 0 Å². The third-order valence-electron chi connectivity index (χ3n) is 2.94. The van der Waals surface area contributed by atoms with Crippen LogP contribution in [0.15, 0.2) is 49.8 Å². The summed E-state index contributed by atoms with van der Waals surface area (Å²) in [6.45, 7) is 9.76. The van der Waals surface area contributed by atoms with Gasteiger partial charge in [0.2, 0.25) is 0 Å². The molecule has 0 amide bonds. The monoisotopic (exact) mass is 292 g/mol. The summed E-state index contributed by atoms with van der Waals surface area (Å²) in [6, 6.07) is 0. The van der Waals surface area contributed by atoms with Crippen LogP contribution in [0.1, 0.15) is 51.4 Å². The molecule has 0 N–H and O–H groups in total. The predicted octanol–water partition coefficient (Wildman–Crippen LogP) is 5.58. The highest BCUT2D eigenvalue weighted by Gasteiger charge is 1.89. The normalized spacial score (nSPS) is 11.2. The van der Waals surface area contributed by atoms with E-state index in [-0.39, 0.29) is 0 Å². The van der Waals surface area contributed by atoms with Gasteiger partial charge in [0.25, 0.3) is 0 Å². The average Bonchev–Trinajstić information content (AvgIpc) is 2.50. The molecular formula is C19H32O2. The highest BCUT2D eigenvalue weighted by molar-refractivity contribution is 4.82. The Kier molecular flexibility index (Phi) is 17.6. The molecule has 2 nitrogen and oxygen atoms in total. The van der Waals surface area contributed by atoms with E-state index in [4.69, 9.17) is 9.47 Å². The van der Waals surface area contributed by atoms with Gasteiger partial charge in [0.1, 0.15) is 0 Å². The first kappa shape index (κ1) is 19.7. The van der Waals surface area contributed by atoms with Crippen molar-refractivity contribution in [2.45, 2.75) is 51.4 Å². The van der Waals surface area contributed by atoms with Crippen LogP contribution in [0.2, 0.25) is 0 Å². The molecule has 0 radical (unpaired) electrons. The molecule has 0 saturated heterocycles. The fourth-order valence-electron chi connectivity index (χ4n) is 1.70. The maximum absolute atomic E-state index is 5.54. The third kappa shape index (κ3) is 18.7. The molecule has 0 aromatic carbocycles. The fraction of sp³-hybridized carbons (Fsp3) is 0.579. The van der Waals surface area contributed by atoms with E-state index < -0.39 is 0 Å². The summed E-state index contributed by atoms with van der Waals surface area (Å²) in [5.41, 5.74) is 0. The summed E-state index contributed by atoms with van der Waals surface area (Å²) in [4.78, 5) is 0. The Morgan fingerprint density at radius 2 is 1.48 bits per heavy atom. The number of hydrogen-bond acceptors (Lipinski definition) is 2. The van der Waals surface area contributed by atoms with Crippen LogP contribution >= 0.6 is 0 Å². The van der Waals surface area contributed by atoms with Gasteiger partial charge in [0.15, 0.2) is 0 Å². The van der Waals surface area contributed by atoms with E-state index in [1.54, 1.807) is 6.26 Å². The third-order valence-corrected chi connectivity index (χ3v) is 2.94. The second kappa shape index (κ2) is 18.7. The number of rotatable bonds is 16. The van der Waals surface area contributed by atoms with Gasteiger partial charge in [0.05, 0.1) is 19.5 Å². The molecule has 0 aliphatic carbocycles. The predicted molar refractivity (Wildman–Crippen MR) is 92.4 cm³/mol. The second-order valence-corrected chi connectivity index (χ2v) is 4.94. The number of allylic oxidation sites excluding steroid dienone is 4. The van der Waals surface area contributed by atoms with Gasteiger partial charge >= 0.3 is 0 Å². The molecule has 0 saturated carbocycles. The van der Waals surface area contributed by atoms with Gasteiger partial charge in [-0.25, -0.2) is 0 Å². The van der Waals surface area contributed by atoms with Crippen LogP contribution in [0.25, 0.3) is 0 Å². The van der Waals surface area contributed by atoms with Crippen LogP contribution in [0.3, 0.4) is 0 Å². The highest BCUT2D eigenvalue weighted by atomic mass is 16.5. The number of hydrogen-bond donors (Lipinski definition) is 0. The summed E-state index contributed by atoms with van der Waals surface area (Å²) in [5.74, 6) is 0. The molecule has 0 aromatic heterocycles. The molecule has 0 spiro atoms. The first-order valence-corrected chi connectivity index (χ1v) is 8.13.